The van der Waals surface area contributed by atoms with Crippen molar-refractivity contribution >= 4 is 0 Å². The molecule has 0 nitrogen and oxygen atoms in total. The number of rotatable bonds is 0. The molecule has 0 aromatic rings. The molecule has 0 amide bonds. The summed E-state index contributed by atoms with van der Waals surface area (Å²) >= 11 is 0. The van der Waals surface area contributed by atoms with Gasteiger partial charge >= 0.3 is 0 Å². The molecule has 0 bridgehead atoms. The largest absolute Gasteiger partial charge is 0.0619 e. The third-order valence-corrected chi connectivity index (χ3v) is 44.1. The van der Waals surface area contributed by atoms with E-state index in [9.17, 15) is 0 Å². The molecule has 58 heavy (non-hydrogen) atoms. The summed E-state index contributed by atoms with van der Waals surface area (Å²) in [5, 5.41) is 0. The molecule has 0 aliphatic heterocycles. The lowest BCUT2D eigenvalue weighted by Gasteiger charge is -3.38. The molecule has 34 aliphatic carbocycles. The Kier molecular flexibility index (Phi) is 1.65. The summed E-state index contributed by atoms with van der Waals surface area (Å²) in [5.74, 6) is 49.7. The minimum absolute atomic E-state index is 0.986. The van der Waals surface area contributed by atoms with Gasteiger partial charge < -0.3 is 0 Å². The molecule has 282 valence electrons. The fourth-order valence-electron chi connectivity index (χ4n) is 51.3. The van der Waals surface area contributed by atoms with Crippen molar-refractivity contribution < 1.29 is 0 Å². The molecule has 34 saturated carbocycles. The van der Waals surface area contributed by atoms with Gasteiger partial charge in [0.15, 0.2) is 0 Å². The van der Waals surface area contributed by atoms with Gasteiger partial charge in [-0.1, -0.05) is 6.92 Å². The first kappa shape index (κ1) is 22.8. The summed E-state index contributed by atoms with van der Waals surface area (Å²) < 4.78 is 0. The van der Waals surface area contributed by atoms with Crippen LogP contribution in [0.1, 0.15) is 39.0 Å². The van der Waals surface area contributed by atoms with Gasteiger partial charge in [-0.15, -0.1) is 0 Å². The topological polar surface area (TPSA) is 0 Å². The summed E-state index contributed by atoms with van der Waals surface area (Å²) in [6.45, 7) is 3.05. The van der Waals surface area contributed by atoms with Crippen molar-refractivity contribution in [2.45, 2.75) is 39.0 Å². The Labute approximate surface area is 337 Å². The molecule has 0 radical (unpaired) electrons. The van der Waals surface area contributed by atoms with Crippen LogP contribution in [-0.4, -0.2) is 0 Å². The molecule has 0 heterocycles. The Balaban J connectivity index is 0.570. The molecule has 0 aromatic carbocycles. The molecule has 15 spiro atoms. The van der Waals surface area contributed by atoms with Gasteiger partial charge in [0.2, 0.25) is 0 Å². The van der Waals surface area contributed by atoms with Gasteiger partial charge in [-0.25, -0.2) is 0 Å². The predicted octanol–water partition coefficient (Wildman–Crippen LogP) is 7.01. The zero-order chi connectivity index (χ0) is 33.4. The second-order valence-electron chi connectivity index (χ2n) is 35.2. The molecular formula is C58H50. The highest BCUT2D eigenvalue weighted by atomic mass is 15.4. The van der Waals surface area contributed by atoms with Gasteiger partial charge in [-0.05, 0) is 332 Å². The molecule has 34 rings (SSSR count). The van der Waals surface area contributed by atoms with Crippen molar-refractivity contribution in [2.24, 2.45) is 300 Å². The van der Waals surface area contributed by atoms with E-state index >= 15 is 0 Å². The Morgan fingerprint density at radius 3 is 1.10 bits per heavy atom. The standard InChI is InChI=1S/C58H50/c1-7-15-24-17(27-29-20-11-3-8-2-10-19-28-26(15)47(24,27)51(28,29)49(19,20)45(8,10)11)16-18(7)44-6-14-23-32-36-40-38-34-30-21-12-4-9-5-13-22-31-35-39-42-43-41-37-33(25(16)44)48(14,44)52(23,37)54(32,41)56(36,43)58(40,42)57(38,39)55(34,35)53(30,31)50(21,22)46(9,12)13/h7-43H,2-6H2,1H3. The van der Waals surface area contributed by atoms with E-state index in [0.717, 1.165) is 81.2 Å². The third kappa shape index (κ3) is 0.760. The normalized spacial score (nSPS) is 121. The molecule has 34 aliphatic rings. The van der Waals surface area contributed by atoms with E-state index in [2.05, 4.69) is 6.92 Å². The van der Waals surface area contributed by atoms with Gasteiger partial charge in [-0.2, -0.15) is 0 Å². The zero-order valence-electron chi connectivity index (χ0n) is 33.4. The molecule has 0 aromatic heterocycles. The van der Waals surface area contributed by atoms with Crippen LogP contribution in [0.5, 0.6) is 0 Å². The number of hydrogen-bond donors (Lipinski definition) is 0. The molecular weight excluding hydrogens is 697 g/mol. The quantitative estimate of drug-likeness (QED) is 0.250. The van der Waals surface area contributed by atoms with E-state index in [1.165, 1.54) is 219 Å². The van der Waals surface area contributed by atoms with Crippen LogP contribution in [0.15, 0.2) is 0 Å². The summed E-state index contributed by atoms with van der Waals surface area (Å²) in [6.07, 6.45) is 8.89. The molecule has 0 heteroatoms. The lowest BCUT2D eigenvalue weighted by molar-refractivity contribution is -0.926. The van der Waals surface area contributed by atoms with Gasteiger partial charge in [-0.3, -0.25) is 0 Å². The van der Waals surface area contributed by atoms with Crippen LogP contribution in [0.3, 0.4) is 0 Å². The number of hydrogen-bond acceptors (Lipinski definition) is 0. The van der Waals surface area contributed by atoms with Gasteiger partial charge in [0.25, 0.3) is 0 Å². The van der Waals surface area contributed by atoms with Crippen LogP contribution in [0, 0.1) is 300 Å². The van der Waals surface area contributed by atoms with Crippen molar-refractivity contribution in [3.05, 3.63) is 0 Å². The fourth-order valence-corrected chi connectivity index (χ4v) is 51.3. The van der Waals surface area contributed by atoms with E-state index in [4.69, 9.17) is 0 Å². The maximum absolute atomic E-state index is 3.05. The molecule has 52 unspecified atom stereocenters. The molecule has 0 saturated heterocycles. The van der Waals surface area contributed by atoms with Gasteiger partial charge in [0.1, 0.15) is 0 Å². The van der Waals surface area contributed by atoms with Crippen LogP contribution in [0.2, 0.25) is 0 Å². The van der Waals surface area contributed by atoms with Gasteiger partial charge in [0.05, 0.1) is 0 Å². The van der Waals surface area contributed by atoms with E-state index in [-0.39, 0.29) is 0 Å². The second kappa shape index (κ2) is 4.21. The molecule has 34 fully saturated rings. The highest BCUT2D eigenvalue weighted by Crippen LogP contribution is 3.40. The Morgan fingerprint density at radius 2 is 0.603 bits per heavy atom. The minimum Gasteiger partial charge on any atom is -0.0619 e. The summed E-state index contributed by atoms with van der Waals surface area (Å²) in [6, 6.07) is 0. The van der Waals surface area contributed by atoms with Crippen LogP contribution < -0.4 is 0 Å². The summed E-state index contributed by atoms with van der Waals surface area (Å²) in [7, 11) is 0. The smallest absolute Gasteiger partial charge is 0.00932 e. The van der Waals surface area contributed by atoms with Crippen LogP contribution in [0.4, 0.5) is 0 Å². The fraction of sp³-hybridized carbons (Fsp3) is 1.00. The van der Waals surface area contributed by atoms with Crippen molar-refractivity contribution in [1.82, 2.24) is 0 Å². The van der Waals surface area contributed by atoms with Crippen molar-refractivity contribution in [3.8, 4) is 0 Å². The third-order valence-electron chi connectivity index (χ3n) is 44.1. The van der Waals surface area contributed by atoms with Crippen molar-refractivity contribution in [3.63, 3.8) is 0 Å². The Hall–Kier alpha value is 0. The van der Waals surface area contributed by atoms with E-state index < -0.39 is 0 Å². The maximum atomic E-state index is 3.05. The van der Waals surface area contributed by atoms with Crippen LogP contribution in [-0.2, 0) is 0 Å². The van der Waals surface area contributed by atoms with E-state index in [1.807, 2.05) is 6.42 Å². The first-order chi connectivity index (χ1) is 28.7. The Morgan fingerprint density at radius 1 is 0.259 bits per heavy atom. The van der Waals surface area contributed by atoms with Crippen LogP contribution in [0.25, 0.3) is 0 Å². The minimum atomic E-state index is 0.986. The second-order valence-corrected chi connectivity index (χ2v) is 35.2. The Bertz CT molecular complexity index is 3170. The zero-order valence-corrected chi connectivity index (χ0v) is 33.4. The number of fused-ring (bicyclic) bond motifs is 30. The first-order valence-electron chi connectivity index (χ1n) is 28.7. The van der Waals surface area contributed by atoms with Crippen molar-refractivity contribution in [1.29, 1.82) is 0 Å². The summed E-state index contributed by atoms with van der Waals surface area (Å²) in [5.41, 5.74) is 16.0. The van der Waals surface area contributed by atoms with Crippen LogP contribution >= 0.6 is 0 Å². The predicted molar refractivity (Wildman–Crippen MR) is 194 cm³/mol. The highest BCUT2D eigenvalue weighted by molar-refractivity contribution is 5.83. The first-order valence-corrected chi connectivity index (χ1v) is 28.7. The summed E-state index contributed by atoms with van der Waals surface area (Å²) in [4.78, 5) is 0. The monoisotopic (exact) mass is 746 g/mol. The molecule has 52 atom stereocenters. The SMILES string of the molecule is CC1C2C3C(C4C1C15CC6C7C8C9C%10C%11C%12C%13C%14C%15CC%16CC%17C%18C%19C%20C%21C%22C%23C%24C%25C(C41)C65C7%25C8%24C9%23C%10%22C%11%21C%12%20C%13%19C%14%18C%16%15%17)C1C4C5C6CC7CC8C9C%10C2C31C%104C95C786. The molecule has 0 N–H and O–H groups in total. The van der Waals surface area contributed by atoms with E-state index in [0.29, 0.717) is 0 Å². The maximum Gasteiger partial charge on any atom is -0.00932 e. The van der Waals surface area contributed by atoms with Crippen molar-refractivity contribution in [2.75, 3.05) is 0 Å². The highest BCUT2D eigenvalue weighted by Gasteiger charge is 3.38. The lowest BCUT2D eigenvalue weighted by atomic mass is 8.65. The van der Waals surface area contributed by atoms with Gasteiger partial charge in [0, 0.05) is 0 Å². The van der Waals surface area contributed by atoms with E-state index in [1.54, 1.807) is 25.7 Å². The lowest BCUT2D eigenvalue weighted by Crippen LogP contribution is -3.36. The average Bonchev–Trinajstić information content (AvgIpc) is 3.08. The average molecular weight is 747 g/mol.